The Morgan fingerprint density at radius 3 is 2.08 bits per heavy atom. The summed E-state index contributed by atoms with van der Waals surface area (Å²) in [5.41, 5.74) is -3.54. The molecular formula is C24H26F6N4O4. The molecule has 1 aromatic heterocycles. The van der Waals surface area contributed by atoms with Crippen LogP contribution < -0.4 is 5.32 Å². The first-order chi connectivity index (χ1) is 17.8. The number of furan rings is 1. The average Bonchev–Trinajstić information content (AvgIpc) is 3.24. The minimum atomic E-state index is -4.99. The standard InChI is InChI=1S/C24H26F6N4O4/c1-15(35)37-14-21-3-2-20(38-21)13-32-4-6-33(7-5-32)19-11-34(12-19)22(36)31-18-9-16(23(25,26)27)8-17(10-18)24(28,29)30/h2-3,8-10,19H,4-7,11-14H2,1H3,(H,31,36). The lowest BCUT2D eigenvalue weighted by Gasteiger charge is -2.47. The van der Waals surface area contributed by atoms with Crippen LogP contribution in [0.1, 0.15) is 29.6 Å². The van der Waals surface area contributed by atoms with Crippen molar-refractivity contribution >= 4 is 17.7 Å². The molecule has 1 aromatic carbocycles. The molecule has 208 valence electrons. The van der Waals surface area contributed by atoms with E-state index < -0.39 is 41.2 Å². The lowest BCUT2D eigenvalue weighted by Crippen LogP contribution is -2.64. The maximum absolute atomic E-state index is 13.1. The van der Waals surface area contributed by atoms with E-state index in [1.807, 2.05) is 6.07 Å². The zero-order valence-electron chi connectivity index (χ0n) is 20.4. The van der Waals surface area contributed by atoms with Gasteiger partial charge < -0.3 is 19.4 Å². The lowest BCUT2D eigenvalue weighted by atomic mass is 10.1. The molecule has 2 amide bonds. The predicted octanol–water partition coefficient (Wildman–Crippen LogP) is 4.41. The number of anilines is 1. The number of likely N-dealkylation sites (tertiary alicyclic amines) is 1. The maximum atomic E-state index is 13.1. The Labute approximate surface area is 214 Å². The van der Waals surface area contributed by atoms with E-state index in [9.17, 15) is 35.9 Å². The molecule has 1 N–H and O–H groups in total. The van der Waals surface area contributed by atoms with E-state index in [1.54, 1.807) is 6.07 Å². The van der Waals surface area contributed by atoms with Crippen LogP contribution >= 0.6 is 0 Å². The number of alkyl halides is 6. The number of rotatable bonds is 6. The molecule has 3 heterocycles. The molecule has 0 spiro atoms. The van der Waals surface area contributed by atoms with Gasteiger partial charge in [0.25, 0.3) is 0 Å². The van der Waals surface area contributed by atoms with Gasteiger partial charge in [0.2, 0.25) is 0 Å². The second-order valence-electron chi connectivity index (χ2n) is 9.24. The minimum Gasteiger partial charge on any atom is -0.461 e. The van der Waals surface area contributed by atoms with Crippen molar-refractivity contribution in [1.82, 2.24) is 14.7 Å². The third kappa shape index (κ3) is 6.98. The third-order valence-electron chi connectivity index (χ3n) is 6.43. The van der Waals surface area contributed by atoms with Gasteiger partial charge in [0.05, 0.1) is 17.7 Å². The molecule has 0 saturated carbocycles. The fourth-order valence-corrected chi connectivity index (χ4v) is 4.35. The summed E-state index contributed by atoms with van der Waals surface area (Å²) < 4.78 is 88.9. The quantitative estimate of drug-likeness (QED) is 0.426. The first-order valence-electron chi connectivity index (χ1n) is 11.8. The monoisotopic (exact) mass is 548 g/mol. The topological polar surface area (TPSA) is 78.3 Å². The highest BCUT2D eigenvalue weighted by Gasteiger charge is 2.39. The lowest BCUT2D eigenvalue weighted by molar-refractivity contribution is -0.144. The summed E-state index contributed by atoms with van der Waals surface area (Å²) in [5, 5.41) is 2.17. The number of benzene rings is 1. The smallest absolute Gasteiger partial charge is 0.416 e. The summed E-state index contributed by atoms with van der Waals surface area (Å²) in [6.45, 7) is 5.55. The number of nitrogens with one attached hydrogen (secondary N) is 1. The Hall–Kier alpha value is -3.26. The number of nitrogens with zero attached hydrogens (tertiary/aromatic N) is 3. The van der Waals surface area contributed by atoms with E-state index in [0.717, 1.165) is 31.9 Å². The Balaban J connectivity index is 1.24. The van der Waals surface area contributed by atoms with Crippen LogP contribution in [-0.2, 0) is 35.0 Å². The number of carbonyl (C=O) groups is 2. The van der Waals surface area contributed by atoms with Crippen LogP contribution in [0.3, 0.4) is 0 Å². The van der Waals surface area contributed by atoms with Gasteiger partial charge >= 0.3 is 24.4 Å². The molecule has 2 saturated heterocycles. The highest BCUT2D eigenvalue weighted by atomic mass is 19.4. The van der Waals surface area contributed by atoms with Crippen molar-refractivity contribution in [3.63, 3.8) is 0 Å². The Bertz CT molecular complexity index is 1120. The number of halogens is 6. The molecule has 0 atom stereocenters. The highest BCUT2D eigenvalue weighted by molar-refractivity contribution is 5.90. The van der Waals surface area contributed by atoms with E-state index in [0.29, 0.717) is 37.5 Å². The molecule has 14 heteroatoms. The number of ether oxygens (including phenoxy) is 1. The van der Waals surface area contributed by atoms with Crippen molar-refractivity contribution in [2.24, 2.45) is 0 Å². The second-order valence-corrected chi connectivity index (χ2v) is 9.24. The summed E-state index contributed by atoms with van der Waals surface area (Å²) >= 11 is 0. The number of urea groups is 1. The zero-order valence-corrected chi connectivity index (χ0v) is 20.4. The van der Waals surface area contributed by atoms with E-state index in [2.05, 4.69) is 15.1 Å². The Kier molecular flexibility index (Phi) is 7.93. The molecule has 4 rings (SSSR count). The van der Waals surface area contributed by atoms with Gasteiger partial charge in [-0.1, -0.05) is 0 Å². The van der Waals surface area contributed by atoms with Crippen LogP contribution in [0.4, 0.5) is 36.8 Å². The summed E-state index contributed by atoms with van der Waals surface area (Å²) in [7, 11) is 0. The van der Waals surface area contributed by atoms with Crippen LogP contribution in [0, 0.1) is 0 Å². The van der Waals surface area contributed by atoms with E-state index in [1.165, 1.54) is 11.8 Å². The van der Waals surface area contributed by atoms with Crippen molar-refractivity contribution < 1.29 is 45.1 Å². The normalized spacial score (nSPS) is 17.8. The number of hydrogen-bond donors (Lipinski definition) is 1. The van der Waals surface area contributed by atoms with Gasteiger partial charge in [0.15, 0.2) is 0 Å². The molecular weight excluding hydrogens is 522 g/mol. The average molecular weight is 548 g/mol. The van der Waals surface area contributed by atoms with Gasteiger partial charge in [0.1, 0.15) is 18.1 Å². The summed E-state index contributed by atoms with van der Waals surface area (Å²) in [6.07, 6.45) is -9.98. The molecule has 2 fully saturated rings. The van der Waals surface area contributed by atoms with Crippen LogP contribution in [-0.4, -0.2) is 72.0 Å². The van der Waals surface area contributed by atoms with Gasteiger partial charge in [-0.3, -0.25) is 14.6 Å². The molecule has 2 aliphatic rings. The first kappa shape index (κ1) is 27.8. The summed E-state index contributed by atoms with van der Waals surface area (Å²) in [6, 6.07) is 3.87. The molecule has 2 aliphatic heterocycles. The minimum absolute atomic E-state index is 0.0167. The van der Waals surface area contributed by atoms with Gasteiger partial charge in [-0.2, -0.15) is 26.3 Å². The first-order valence-corrected chi connectivity index (χ1v) is 11.8. The number of esters is 1. The molecule has 2 aromatic rings. The Morgan fingerprint density at radius 2 is 1.53 bits per heavy atom. The summed E-state index contributed by atoms with van der Waals surface area (Å²) in [4.78, 5) is 29.1. The SMILES string of the molecule is CC(=O)OCc1ccc(CN2CCN(C3CN(C(=O)Nc4cc(C(F)(F)F)cc(C(F)(F)F)c4)C3)CC2)o1. The molecule has 8 nitrogen and oxygen atoms in total. The van der Waals surface area contributed by atoms with Crippen molar-refractivity contribution in [2.45, 2.75) is 38.5 Å². The largest absolute Gasteiger partial charge is 0.461 e. The van der Waals surface area contributed by atoms with Gasteiger partial charge in [0, 0.05) is 57.9 Å². The second kappa shape index (κ2) is 10.8. The molecule has 0 radical (unpaired) electrons. The van der Waals surface area contributed by atoms with Crippen molar-refractivity contribution in [1.29, 1.82) is 0 Å². The maximum Gasteiger partial charge on any atom is 0.416 e. The summed E-state index contributed by atoms with van der Waals surface area (Å²) in [5.74, 6) is 0.911. The van der Waals surface area contributed by atoms with E-state index >= 15 is 0 Å². The number of hydrogen-bond acceptors (Lipinski definition) is 6. The molecule has 0 aliphatic carbocycles. The van der Waals surface area contributed by atoms with Crippen LogP contribution in [0.15, 0.2) is 34.7 Å². The van der Waals surface area contributed by atoms with Crippen LogP contribution in [0.5, 0.6) is 0 Å². The van der Waals surface area contributed by atoms with Gasteiger partial charge in [-0.25, -0.2) is 4.79 Å². The van der Waals surface area contributed by atoms with Crippen molar-refractivity contribution in [3.05, 3.63) is 53.0 Å². The molecule has 0 unspecified atom stereocenters. The van der Waals surface area contributed by atoms with Gasteiger partial charge in [-0.15, -0.1) is 0 Å². The molecule has 38 heavy (non-hydrogen) atoms. The zero-order chi connectivity index (χ0) is 27.7. The van der Waals surface area contributed by atoms with Gasteiger partial charge in [-0.05, 0) is 30.3 Å². The fraction of sp³-hybridized carbons (Fsp3) is 0.500. The molecule has 0 bridgehead atoms. The Morgan fingerprint density at radius 1 is 0.947 bits per heavy atom. The van der Waals surface area contributed by atoms with Crippen LogP contribution in [0.25, 0.3) is 0 Å². The predicted molar refractivity (Wildman–Crippen MR) is 122 cm³/mol. The number of carbonyl (C=O) groups excluding carboxylic acids is 2. The highest BCUT2D eigenvalue weighted by Crippen LogP contribution is 2.37. The van der Waals surface area contributed by atoms with Crippen LogP contribution in [0.2, 0.25) is 0 Å². The number of piperazine rings is 1. The van der Waals surface area contributed by atoms with E-state index in [-0.39, 0.29) is 18.7 Å². The van der Waals surface area contributed by atoms with Crippen molar-refractivity contribution in [3.8, 4) is 0 Å². The fourth-order valence-electron chi connectivity index (χ4n) is 4.35. The van der Waals surface area contributed by atoms with Crippen molar-refractivity contribution in [2.75, 3.05) is 44.6 Å². The third-order valence-corrected chi connectivity index (χ3v) is 6.43. The van der Waals surface area contributed by atoms with E-state index in [4.69, 9.17) is 9.15 Å². The number of amides is 2.